The van der Waals surface area contributed by atoms with Crippen molar-refractivity contribution in [2.45, 2.75) is 60.8 Å². The molecule has 0 aliphatic carbocycles. The molecule has 9 aromatic rings. The van der Waals surface area contributed by atoms with Gasteiger partial charge in [0.1, 0.15) is 22.5 Å². The van der Waals surface area contributed by atoms with Crippen LogP contribution in [0.1, 0.15) is 73.7 Å². The van der Waals surface area contributed by atoms with Gasteiger partial charge in [-0.25, -0.2) is 4.98 Å². The second-order valence-electron chi connectivity index (χ2n) is 15.0. The van der Waals surface area contributed by atoms with E-state index in [4.69, 9.17) is 4.52 Å². The molecule has 2 N–H and O–H groups in total. The number of Topliss-reactive ketones (excluding diaryl/α,β-unsaturated/α-hetero) is 1. The standard InChI is InChI=1S/C18H19N3O.C17H14N2O2.C15H14N2OS2/c1-3-13-5-8-15(9-6-13)21-19-17-10-7-14(11-16(22)4-2)12-18(17)20-21;1-12-6-5-9-14(10-12)17(20)18-16-11-15(19-21-16)13-7-3-2-4-8-13;1-8-6-10(3)12-11(7-8)20-15(16-12)17-14(18)13-9(2)4-5-19-13/h5-10,12H,3-4,11H2,1-2H3;2-11H,1H3,(H,18,20);4-7H,1-3H3,(H,16,17,18). The Morgan fingerprint density at radius 1 is 0.698 bits per heavy atom. The number of hydrogen-bond donors (Lipinski definition) is 2. The van der Waals surface area contributed by atoms with Crippen LogP contribution in [0.5, 0.6) is 0 Å². The summed E-state index contributed by atoms with van der Waals surface area (Å²) in [7, 11) is 0. The van der Waals surface area contributed by atoms with Gasteiger partial charge in [0.25, 0.3) is 11.8 Å². The van der Waals surface area contributed by atoms with Crippen molar-refractivity contribution in [2.24, 2.45) is 0 Å². The lowest BCUT2D eigenvalue weighted by atomic mass is 10.1. The first-order valence-electron chi connectivity index (χ1n) is 20.6. The summed E-state index contributed by atoms with van der Waals surface area (Å²) in [6.07, 6.45) is 2.04. The fourth-order valence-corrected chi connectivity index (χ4v) is 8.49. The van der Waals surface area contributed by atoms with Crippen LogP contribution in [0, 0.1) is 27.7 Å². The van der Waals surface area contributed by atoms with Gasteiger partial charge in [0, 0.05) is 30.0 Å². The first-order chi connectivity index (χ1) is 30.5. The van der Waals surface area contributed by atoms with Crippen molar-refractivity contribution in [3.05, 3.63) is 171 Å². The molecule has 4 aromatic heterocycles. The SMILES string of the molecule is CCC(=O)Cc1ccc2nn(-c3ccc(CC)cc3)nc2c1.Cc1cc(C)c2nc(NC(=O)c3sccc3C)sc2c1.Cc1cccc(C(=O)Nc2cc(-c3ccccc3)no2)c1. The minimum Gasteiger partial charge on any atom is -0.338 e. The van der Waals surface area contributed by atoms with E-state index in [9.17, 15) is 14.4 Å². The zero-order valence-corrected chi connectivity index (χ0v) is 37.6. The molecule has 0 saturated carbocycles. The third-order valence-corrected chi connectivity index (χ3v) is 12.0. The van der Waals surface area contributed by atoms with E-state index >= 15 is 0 Å². The number of nitrogens with one attached hydrogen (secondary N) is 2. The van der Waals surface area contributed by atoms with E-state index in [1.54, 1.807) is 16.9 Å². The van der Waals surface area contributed by atoms with Crippen LogP contribution < -0.4 is 10.6 Å². The molecule has 9 rings (SSSR count). The first kappa shape index (κ1) is 44.0. The topological polar surface area (TPSA) is 145 Å². The maximum atomic E-state index is 12.2. The molecule has 0 aliphatic rings. The molecule has 0 bridgehead atoms. The number of carbonyl (C=O) groups excluding carboxylic acids is 3. The molecule has 0 aliphatic heterocycles. The Balaban J connectivity index is 0.000000142. The van der Waals surface area contributed by atoms with Gasteiger partial charge in [-0.15, -0.1) is 21.5 Å². The van der Waals surface area contributed by atoms with Crippen molar-refractivity contribution in [1.82, 2.24) is 25.1 Å². The number of nitrogens with zero attached hydrogens (tertiary/aromatic N) is 5. The van der Waals surface area contributed by atoms with Gasteiger partial charge in [-0.05, 0) is 116 Å². The molecule has 0 saturated heterocycles. The monoisotopic (exact) mass is 873 g/mol. The highest BCUT2D eigenvalue weighted by Gasteiger charge is 2.15. The van der Waals surface area contributed by atoms with Crippen LogP contribution in [0.4, 0.5) is 11.0 Å². The van der Waals surface area contributed by atoms with Crippen molar-refractivity contribution in [2.75, 3.05) is 10.6 Å². The third-order valence-electron chi connectivity index (χ3n) is 10.0. The summed E-state index contributed by atoms with van der Waals surface area (Å²) >= 11 is 2.97. The number of hydrogen-bond acceptors (Lipinski definition) is 10. The number of fused-ring (bicyclic) bond motifs is 2. The van der Waals surface area contributed by atoms with Crippen LogP contribution in [0.25, 0.3) is 38.2 Å². The van der Waals surface area contributed by atoms with Crippen molar-refractivity contribution in [1.29, 1.82) is 0 Å². The smallest absolute Gasteiger partial charge is 0.267 e. The number of ketones is 1. The molecule has 318 valence electrons. The van der Waals surface area contributed by atoms with Crippen LogP contribution in [-0.2, 0) is 17.6 Å². The Bertz CT molecular complexity index is 3020. The molecule has 4 heterocycles. The number of thiazole rings is 1. The Morgan fingerprint density at radius 3 is 2.17 bits per heavy atom. The molecule has 2 amide bonds. The van der Waals surface area contributed by atoms with Crippen LogP contribution in [0.3, 0.4) is 0 Å². The molecule has 13 heteroatoms. The van der Waals surface area contributed by atoms with E-state index in [1.807, 2.05) is 118 Å². The van der Waals surface area contributed by atoms with Crippen molar-refractivity contribution in [3.8, 4) is 16.9 Å². The minimum atomic E-state index is -0.213. The summed E-state index contributed by atoms with van der Waals surface area (Å²) in [4.78, 5) is 42.8. The Labute approximate surface area is 373 Å². The predicted molar refractivity (Wildman–Crippen MR) is 254 cm³/mol. The number of benzene rings is 5. The largest absolute Gasteiger partial charge is 0.338 e. The molecule has 0 atom stereocenters. The lowest BCUT2D eigenvalue weighted by Crippen LogP contribution is -2.11. The van der Waals surface area contributed by atoms with Gasteiger partial charge in [0.2, 0.25) is 5.88 Å². The van der Waals surface area contributed by atoms with Gasteiger partial charge in [0.05, 0.1) is 20.8 Å². The summed E-state index contributed by atoms with van der Waals surface area (Å²) in [5.41, 5.74) is 12.5. The van der Waals surface area contributed by atoms with Gasteiger partial charge >= 0.3 is 0 Å². The molecule has 63 heavy (non-hydrogen) atoms. The molecule has 5 aromatic carbocycles. The van der Waals surface area contributed by atoms with Crippen molar-refractivity contribution >= 4 is 72.5 Å². The van der Waals surface area contributed by atoms with Crippen molar-refractivity contribution in [3.63, 3.8) is 0 Å². The number of rotatable bonds is 10. The summed E-state index contributed by atoms with van der Waals surface area (Å²) in [5.74, 6) is 0.280. The number of amides is 2. The zero-order valence-electron chi connectivity index (χ0n) is 35.9. The highest BCUT2D eigenvalue weighted by molar-refractivity contribution is 7.22. The third kappa shape index (κ3) is 11.2. The number of aromatic nitrogens is 5. The lowest BCUT2D eigenvalue weighted by Gasteiger charge is -2.01. The van der Waals surface area contributed by atoms with Crippen molar-refractivity contribution < 1.29 is 18.9 Å². The zero-order chi connectivity index (χ0) is 44.5. The molecular formula is C50H47N7O4S2. The number of carbonyl (C=O) groups is 3. The second kappa shape index (κ2) is 20.2. The number of aryl methyl sites for hydroxylation is 5. The second-order valence-corrected chi connectivity index (χ2v) is 16.9. The summed E-state index contributed by atoms with van der Waals surface area (Å²) < 4.78 is 6.27. The molecule has 0 unspecified atom stereocenters. The number of thiophene rings is 1. The average Bonchev–Trinajstić information content (AvgIpc) is 4.11. The highest BCUT2D eigenvalue weighted by atomic mass is 32.1. The highest BCUT2D eigenvalue weighted by Crippen LogP contribution is 2.30. The van der Waals surface area contributed by atoms with Crippen LogP contribution in [0.15, 0.2) is 131 Å². The molecular weight excluding hydrogens is 827 g/mol. The fourth-order valence-electron chi connectivity index (χ4n) is 6.64. The maximum absolute atomic E-state index is 12.2. The van der Waals surface area contributed by atoms with E-state index in [2.05, 4.69) is 69.1 Å². The van der Waals surface area contributed by atoms with Gasteiger partial charge < -0.3 is 4.52 Å². The van der Waals surface area contributed by atoms with E-state index < -0.39 is 0 Å². The fraction of sp³-hybridized carbons (Fsp3) is 0.180. The average molecular weight is 874 g/mol. The first-order valence-corrected chi connectivity index (χ1v) is 22.3. The molecule has 11 nitrogen and oxygen atoms in total. The van der Waals surface area contributed by atoms with Crippen LogP contribution in [-0.4, -0.2) is 42.7 Å². The summed E-state index contributed by atoms with van der Waals surface area (Å²) in [5, 5.41) is 21.2. The summed E-state index contributed by atoms with van der Waals surface area (Å²) in [6, 6.07) is 39.0. The van der Waals surface area contributed by atoms with E-state index in [1.165, 1.54) is 33.8 Å². The number of anilines is 2. The van der Waals surface area contributed by atoms with Gasteiger partial charge in [-0.3, -0.25) is 25.0 Å². The minimum absolute atomic E-state index is 0.0778. The Hall–Kier alpha value is -7.09. The van der Waals surface area contributed by atoms with E-state index in [-0.39, 0.29) is 17.6 Å². The molecule has 0 radical (unpaired) electrons. The van der Waals surface area contributed by atoms with Crippen LogP contribution in [0.2, 0.25) is 0 Å². The molecule has 0 spiro atoms. The Morgan fingerprint density at radius 2 is 1.46 bits per heavy atom. The molecule has 0 fully saturated rings. The van der Waals surface area contributed by atoms with Gasteiger partial charge in [-0.2, -0.15) is 4.80 Å². The quantitative estimate of drug-likeness (QED) is 0.138. The normalized spacial score (nSPS) is 10.8. The predicted octanol–water partition coefficient (Wildman–Crippen LogP) is 11.9. The van der Waals surface area contributed by atoms with E-state index in [0.29, 0.717) is 35.1 Å². The maximum Gasteiger partial charge on any atom is 0.267 e. The van der Waals surface area contributed by atoms with Crippen LogP contribution >= 0.6 is 22.7 Å². The lowest BCUT2D eigenvalue weighted by molar-refractivity contribution is -0.118. The van der Waals surface area contributed by atoms with Gasteiger partial charge in [0.15, 0.2) is 5.13 Å². The van der Waals surface area contributed by atoms with E-state index in [0.717, 1.165) is 66.1 Å². The Kier molecular flexibility index (Phi) is 14.1. The van der Waals surface area contributed by atoms with Gasteiger partial charge in [-0.1, -0.05) is 103 Å². The summed E-state index contributed by atoms with van der Waals surface area (Å²) in [6.45, 7) is 12.0.